The molecule has 1 aliphatic heterocycles. The largest absolute Gasteiger partial charge is 0.468 e. The van der Waals surface area contributed by atoms with Crippen LogP contribution in [0.4, 0.5) is 0 Å². The number of carbonyl (C=O) groups is 3. The van der Waals surface area contributed by atoms with Crippen molar-refractivity contribution in [2.45, 2.75) is 19.3 Å². The van der Waals surface area contributed by atoms with E-state index in [1.165, 1.54) is 7.11 Å². The lowest BCUT2D eigenvalue weighted by Crippen LogP contribution is -2.43. The molecule has 0 unspecified atom stereocenters. The van der Waals surface area contributed by atoms with E-state index in [0.29, 0.717) is 19.3 Å². The highest BCUT2D eigenvalue weighted by Crippen LogP contribution is 2.11. The third-order valence-electron chi connectivity index (χ3n) is 1.90. The minimum Gasteiger partial charge on any atom is -0.468 e. The molecule has 5 nitrogen and oxygen atoms in total. The molecule has 0 N–H and O–H groups in total. The first kappa shape index (κ1) is 9.70. The SMILES string of the molecule is COC(=O)CN1C(=O)CCCC1=O. The van der Waals surface area contributed by atoms with Gasteiger partial charge in [0.15, 0.2) is 0 Å². The monoisotopic (exact) mass is 185 g/mol. The van der Waals surface area contributed by atoms with Crippen LogP contribution in [0.5, 0.6) is 0 Å². The highest BCUT2D eigenvalue weighted by molar-refractivity contribution is 6.00. The topological polar surface area (TPSA) is 63.7 Å². The molecule has 0 radical (unpaired) electrons. The van der Waals surface area contributed by atoms with Crippen molar-refractivity contribution in [3.63, 3.8) is 0 Å². The Bertz CT molecular complexity index is 233. The smallest absolute Gasteiger partial charge is 0.325 e. The fraction of sp³-hybridized carbons (Fsp3) is 0.625. The summed E-state index contributed by atoms with van der Waals surface area (Å²) in [5, 5.41) is 0. The van der Waals surface area contributed by atoms with Gasteiger partial charge in [-0.3, -0.25) is 19.3 Å². The second-order valence-corrected chi connectivity index (χ2v) is 2.80. The Hall–Kier alpha value is -1.39. The number of ether oxygens (including phenoxy) is 1. The molecule has 0 atom stereocenters. The number of amides is 2. The van der Waals surface area contributed by atoms with Crippen molar-refractivity contribution in [2.24, 2.45) is 0 Å². The van der Waals surface area contributed by atoms with Crippen molar-refractivity contribution >= 4 is 17.8 Å². The highest BCUT2D eigenvalue weighted by atomic mass is 16.5. The maximum absolute atomic E-state index is 11.2. The second kappa shape index (κ2) is 4.02. The minimum atomic E-state index is -0.566. The van der Waals surface area contributed by atoms with Gasteiger partial charge in [0.25, 0.3) is 0 Å². The van der Waals surface area contributed by atoms with Gasteiger partial charge in [0.2, 0.25) is 11.8 Å². The van der Waals surface area contributed by atoms with Crippen molar-refractivity contribution in [1.29, 1.82) is 0 Å². The second-order valence-electron chi connectivity index (χ2n) is 2.80. The van der Waals surface area contributed by atoms with Gasteiger partial charge < -0.3 is 4.74 Å². The molecule has 0 saturated carbocycles. The molecule has 0 aliphatic carbocycles. The molecule has 1 aliphatic rings. The summed E-state index contributed by atoms with van der Waals surface area (Å²) < 4.78 is 4.36. The molecular weight excluding hydrogens is 174 g/mol. The van der Waals surface area contributed by atoms with Gasteiger partial charge in [-0.1, -0.05) is 0 Å². The van der Waals surface area contributed by atoms with E-state index in [1.807, 2.05) is 0 Å². The van der Waals surface area contributed by atoms with Gasteiger partial charge in [-0.25, -0.2) is 0 Å². The molecule has 5 heteroatoms. The molecule has 0 spiro atoms. The van der Waals surface area contributed by atoms with Gasteiger partial charge in [0.05, 0.1) is 7.11 Å². The third-order valence-corrected chi connectivity index (χ3v) is 1.90. The van der Waals surface area contributed by atoms with E-state index in [9.17, 15) is 14.4 Å². The van der Waals surface area contributed by atoms with Crippen LogP contribution >= 0.6 is 0 Å². The van der Waals surface area contributed by atoms with E-state index in [4.69, 9.17) is 0 Å². The highest BCUT2D eigenvalue weighted by Gasteiger charge is 2.27. The van der Waals surface area contributed by atoms with E-state index in [2.05, 4.69) is 4.74 Å². The van der Waals surface area contributed by atoms with Crippen molar-refractivity contribution < 1.29 is 19.1 Å². The lowest BCUT2D eigenvalue weighted by atomic mass is 10.1. The molecule has 1 heterocycles. The van der Waals surface area contributed by atoms with Crippen molar-refractivity contribution in [2.75, 3.05) is 13.7 Å². The molecule has 1 fully saturated rings. The minimum absolute atomic E-state index is 0.256. The summed E-state index contributed by atoms with van der Waals surface area (Å²) in [6.45, 7) is -0.256. The summed E-state index contributed by atoms with van der Waals surface area (Å²) >= 11 is 0. The van der Waals surface area contributed by atoms with Gasteiger partial charge in [-0.2, -0.15) is 0 Å². The number of piperidine rings is 1. The van der Waals surface area contributed by atoms with Crippen LogP contribution in [-0.2, 0) is 19.1 Å². The van der Waals surface area contributed by atoms with Crippen LogP contribution in [0.1, 0.15) is 19.3 Å². The maximum atomic E-state index is 11.2. The number of methoxy groups -OCH3 is 1. The molecule has 0 aromatic rings. The van der Waals surface area contributed by atoms with Crippen molar-refractivity contribution in [1.82, 2.24) is 4.90 Å². The number of hydrogen-bond donors (Lipinski definition) is 0. The molecule has 2 amide bonds. The zero-order valence-electron chi connectivity index (χ0n) is 7.41. The van der Waals surface area contributed by atoms with Gasteiger partial charge in [-0.05, 0) is 6.42 Å². The Morgan fingerprint density at radius 3 is 2.38 bits per heavy atom. The van der Waals surface area contributed by atoms with E-state index < -0.39 is 5.97 Å². The zero-order chi connectivity index (χ0) is 9.84. The van der Waals surface area contributed by atoms with Crippen LogP contribution in [0.2, 0.25) is 0 Å². The van der Waals surface area contributed by atoms with Crippen LogP contribution in [0, 0.1) is 0 Å². The first-order valence-corrected chi connectivity index (χ1v) is 4.05. The predicted octanol–water partition coefficient (Wildman–Crippen LogP) is -0.302. The average Bonchev–Trinajstić information content (AvgIpc) is 2.11. The third kappa shape index (κ3) is 2.27. The molecular formula is C8H11NO4. The molecule has 0 aromatic carbocycles. The predicted molar refractivity (Wildman–Crippen MR) is 42.6 cm³/mol. The summed E-state index contributed by atoms with van der Waals surface area (Å²) in [7, 11) is 1.22. The summed E-state index contributed by atoms with van der Waals surface area (Å²) in [4.78, 5) is 34.1. The van der Waals surface area contributed by atoms with E-state index >= 15 is 0 Å². The van der Waals surface area contributed by atoms with E-state index in [1.54, 1.807) is 0 Å². The van der Waals surface area contributed by atoms with Crippen LogP contribution in [-0.4, -0.2) is 36.3 Å². The first-order chi connectivity index (χ1) is 6.15. The maximum Gasteiger partial charge on any atom is 0.325 e. The van der Waals surface area contributed by atoms with E-state index in [-0.39, 0.29) is 18.4 Å². The molecule has 72 valence electrons. The summed E-state index contributed by atoms with van der Waals surface area (Å²) in [6, 6.07) is 0. The molecule has 1 saturated heterocycles. The summed E-state index contributed by atoms with van der Waals surface area (Å²) in [6.07, 6.45) is 1.25. The molecule has 1 rings (SSSR count). The normalized spacial score (nSPS) is 17.5. The number of nitrogens with zero attached hydrogens (tertiary/aromatic N) is 1. The Morgan fingerprint density at radius 1 is 1.38 bits per heavy atom. The fourth-order valence-electron chi connectivity index (χ4n) is 1.17. The van der Waals surface area contributed by atoms with Crippen molar-refractivity contribution in [3.8, 4) is 0 Å². The quantitative estimate of drug-likeness (QED) is 0.437. The number of likely N-dealkylation sites (tertiary alicyclic amines) is 1. The lowest BCUT2D eigenvalue weighted by Gasteiger charge is -2.23. The van der Waals surface area contributed by atoms with Crippen LogP contribution < -0.4 is 0 Å². The molecule has 13 heavy (non-hydrogen) atoms. The van der Waals surface area contributed by atoms with Gasteiger partial charge in [0.1, 0.15) is 6.54 Å². The number of rotatable bonds is 2. The Balaban J connectivity index is 2.59. The van der Waals surface area contributed by atoms with Gasteiger partial charge in [0, 0.05) is 12.8 Å². The first-order valence-electron chi connectivity index (χ1n) is 4.05. The summed E-state index contributed by atoms with van der Waals surface area (Å²) in [5.41, 5.74) is 0. The number of esters is 1. The molecule has 0 aromatic heterocycles. The van der Waals surface area contributed by atoms with E-state index in [0.717, 1.165) is 4.90 Å². The number of carbonyl (C=O) groups excluding carboxylic acids is 3. The standard InChI is InChI=1S/C8H11NO4/c1-13-8(12)5-9-6(10)3-2-4-7(9)11/h2-5H2,1H3. The van der Waals surface area contributed by atoms with Crippen molar-refractivity contribution in [3.05, 3.63) is 0 Å². The Labute approximate surface area is 75.6 Å². The van der Waals surface area contributed by atoms with Gasteiger partial charge in [-0.15, -0.1) is 0 Å². The Kier molecular flexibility index (Phi) is 3.00. The van der Waals surface area contributed by atoms with Crippen LogP contribution in [0.3, 0.4) is 0 Å². The Morgan fingerprint density at radius 2 is 1.92 bits per heavy atom. The van der Waals surface area contributed by atoms with Gasteiger partial charge >= 0.3 is 5.97 Å². The number of imide groups is 1. The zero-order valence-corrected chi connectivity index (χ0v) is 7.41. The fourth-order valence-corrected chi connectivity index (χ4v) is 1.17. The number of hydrogen-bond acceptors (Lipinski definition) is 4. The summed E-state index contributed by atoms with van der Waals surface area (Å²) in [5.74, 6) is -1.15. The lowest BCUT2D eigenvalue weighted by molar-refractivity contribution is -0.156. The molecule has 0 bridgehead atoms. The van der Waals surface area contributed by atoms with Crippen LogP contribution in [0.25, 0.3) is 0 Å². The average molecular weight is 185 g/mol. The van der Waals surface area contributed by atoms with Crippen LogP contribution in [0.15, 0.2) is 0 Å².